The van der Waals surface area contributed by atoms with Crippen LogP contribution in [0.2, 0.25) is 0 Å². The fourth-order valence-electron chi connectivity index (χ4n) is 5.28. The SMILES string of the molecule is C[C@@H]1NC(=O)[C@@H](NC(=O)CCCn2cncn2)Cc2ccc(cc2)OCCNC(=O)C2(CC2)NC(=O)[C@@H](Cc2ccccc2)NC1=O. The smallest absolute Gasteiger partial charge is 0.245 e. The third-order valence-electron chi connectivity index (χ3n) is 8.14. The number of nitrogens with zero attached hydrogens (tertiary/aromatic N) is 3. The topological polar surface area (TPSA) is 185 Å². The van der Waals surface area contributed by atoms with E-state index in [4.69, 9.17) is 4.74 Å². The molecular weight excluding hydrogens is 604 g/mol. The van der Waals surface area contributed by atoms with E-state index in [-0.39, 0.29) is 44.2 Å². The Kier molecular flexibility index (Phi) is 10.8. The van der Waals surface area contributed by atoms with E-state index in [0.29, 0.717) is 31.6 Å². The van der Waals surface area contributed by atoms with Gasteiger partial charge in [0.1, 0.15) is 48.7 Å². The van der Waals surface area contributed by atoms with Gasteiger partial charge in [0.05, 0.1) is 6.54 Å². The minimum Gasteiger partial charge on any atom is -0.492 e. The number of rotatable bonds is 7. The quantitative estimate of drug-likeness (QED) is 0.226. The van der Waals surface area contributed by atoms with E-state index in [1.54, 1.807) is 35.3 Å². The summed E-state index contributed by atoms with van der Waals surface area (Å²) >= 11 is 0. The summed E-state index contributed by atoms with van der Waals surface area (Å²) in [6.45, 7) is 2.43. The van der Waals surface area contributed by atoms with Gasteiger partial charge in [-0.3, -0.25) is 28.7 Å². The summed E-state index contributed by atoms with van der Waals surface area (Å²) in [5.41, 5.74) is 0.512. The van der Waals surface area contributed by atoms with Crippen LogP contribution in [0.15, 0.2) is 67.3 Å². The minimum absolute atomic E-state index is 0.154. The molecule has 14 nitrogen and oxygen atoms in total. The van der Waals surface area contributed by atoms with Crippen LogP contribution in [-0.2, 0) is 43.4 Å². The first-order valence-corrected chi connectivity index (χ1v) is 15.8. The molecule has 2 bridgehead atoms. The number of fused-ring (bicyclic) bond motifs is 15. The Hall–Kier alpha value is -5.27. The lowest BCUT2D eigenvalue weighted by Gasteiger charge is -2.25. The van der Waals surface area contributed by atoms with Crippen LogP contribution in [-0.4, -0.2) is 81.1 Å². The normalized spacial score (nSPS) is 21.9. The summed E-state index contributed by atoms with van der Waals surface area (Å²) < 4.78 is 7.40. The van der Waals surface area contributed by atoms with Crippen molar-refractivity contribution in [3.8, 4) is 5.75 Å². The predicted molar refractivity (Wildman–Crippen MR) is 170 cm³/mol. The maximum Gasteiger partial charge on any atom is 0.245 e. The Labute approximate surface area is 272 Å². The van der Waals surface area contributed by atoms with E-state index in [2.05, 4.69) is 36.7 Å². The molecule has 3 heterocycles. The average molecular weight is 645 g/mol. The van der Waals surface area contributed by atoms with E-state index in [0.717, 1.165) is 11.1 Å². The van der Waals surface area contributed by atoms with Crippen LogP contribution in [0.4, 0.5) is 0 Å². The summed E-state index contributed by atoms with van der Waals surface area (Å²) in [7, 11) is 0. The molecule has 14 heteroatoms. The maximum atomic E-state index is 13.5. The fourth-order valence-corrected chi connectivity index (χ4v) is 5.28. The van der Waals surface area contributed by atoms with Crippen molar-refractivity contribution in [2.24, 2.45) is 0 Å². The molecular formula is C33H40N8O6. The molecule has 3 atom stereocenters. The Bertz CT molecular complexity index is 1540. The van der Waals surface area contributed by atoms with Crippen molar-refractivity contribution in [3.05, 3.63) is 78.4 Å². The fraction of sp³-hybridized carbons (Fsp3) is 0.424. The van der Waals surface area contributed by atoms with E-state index >= 15 is 0 Å². The zero-order valence-electron chi connectivity index (χ0n) is 26.2. The number of aromatic nitrogens is 3. The zero-order valence-corrected chi connectivity index (χ0v) is 26.2. The van der Waals surface area contributed by atoms with E-state index in [9.17, 15) is 24.0 Å². The Morgan fingerprint density at radius 1 is 1.00 bits per heavy atom. The Morgan fingerprint density at radius 2 is 1.77 bits per heavy atom. The standard InChI is InChI=1S/C33H40N8O6/c1-22-29(43)39-27(18-23-6-3-2-4-7-23)31(45)40-33(13-14-33)32(46)35-15-17-47-25-11-9-24(10-12-25)19-26(30(44)37-22)38-28(42)8-5-16-41-21-34-20-36-41/h2-4,6-7,9-12,20-22,26-27H,5,8,13-19H2,1H3,(H,35,46)(H,37,44)(H,38,42)(H,39,43)(H,40,45)/t22-,26-,27+/m0/s1. The largest absolute Gasteiger partial charge is 0.492 e. The minimum atomic E-state index is -1.06. The first kappa shape index (κ1) is 33.1. The van der Waals surface area contributed by atoms with Crippen molar-refractivity contribution >= 4 is 29.5 Å². The zero-order chi connectivity index (χ0) is 33.2. The number of carbonyl (C=O) groups is 5. The molecule has 2 aliphatic heterocycles. The molecule has 47 heavy (non-hydrogen) atoms. The molecule has 3 aliphatic rings. The van der Waals surface area contributed by atoms with Crippen LogP contribution in [0.25, 0.3) is 0 Å². The van der Waals surface area contributed by atoms with Gasteiger partial charge in [-0.1, -0.05) is 42.5 Å². The summed E-state index contributed by atoms with van der Waals surface area (Å²) in [6, 6.07) is 13.2. The molecule has 1 aliphatic carbocycles. The second-order valence-electron chi connectivity index (χ2n) is 11.9. The highest BCUT2D eigenvalue weighted by molar-refractivity contribution is 5.98. The molecule has 1 spiro atoms. The number of benzene rings is 2. The van der Waals surface area contributed by atoms with Gasteiger partial charge in [-0.15, -0.1) is 0 Å². The highest BCUT2D eigenvalue weighted by Crippen LogP contribution is 2.35. The molecule has 1 aromatic heterocycles. The molecule has 5 amide bonds. The number of hydrogen-bond donors (Lipinski definition) is 5. The number of carbonyl (C=O) groups excluding carboxylic acids is 5. The van der Waals surface area contributed by atoms with Gasteiger partial charge in [-0.05, 0) is 49.4 Å². The molecule has 2 aromatic carbocycles. The number of nitrogens with one attached hydrogen (secondary N) is 5. The molecule has 6 rings (SSSR count). The third kappa shape index (κ3) is 9.37. The van der Waals surface area contributed by atoms with Crippen LogP contribution in [0.5, 0.6) is 5.75 Å². The molecule has 248 valence electrons. The van der Waals surface area contributed by atoms with E-state index < -0.39 is 41.4 Å². The summed E-state index contributed by atoms with van der Waals surface area (Å²) in [4.78, 5) is 70.3. The first-order chi connectivity index (χ1) is 22.7. The van der Waals surface area contributed by atoms with Crippen LogP contribution in [0, 0.1) is 0 Å². The molecule has 0 unspecified atom stereocenters. The lowest BCUT2D eigenvalue weighted by Crippen LogP contribution is -2.59. The Balaban J connectivity index is 1.32. The Morgan fingerprint density at radius 3 is 2.47 bits per heavy atom. The molecule has 1 fully saturated rings. The van der Waals surface area contributed by atoms with Crippen molar-refractivity contribution in [3.63, 3.8) is 0 Å². The summed E-state index contributed by atoms with van der Waals surface area (Å²) in [6.07, 6.45) is 4.90. The van der Waals surface area contributed by atoms with Gasteiger partial charge in [0, 0.05) is 25.8 Å². The number of hydrogen-bond acceptors (Lipinski definition) is 8. The number of amides is 5. The van der Waals surface area contributed by atoms with E-state index in [1.807, 2.05) is 30.3 Å². The van der Waals surface area contributed by atoms with Crippen LogP contribution >= 0.6 is 0 Å². The van der Waals surface area contributed by atoms with Gasteiger partial charge in [-0.2, -0.15) is 5.10 Å². The molecule has 3 aromatic rings. The van der Waals surface area contributed by atoms with Crippen molar-refractivity contribution in [2.45, 2.75) is 75.7 Å². The van der Waals surface area contributed by atoms with Gasteiger partial charge in [0.2, 0.25) is 29.5 Å². The number of ether oxygens (including phenoxy) is 1. The van der Waals surface area contributed by atoms with Gasteiger partial charge in [0.15, 0.2) is 0 Å². The van der Waals surface area contributed by atoms with Gasteiger partial charge in [-0.25, -0.2) is 4.98 Å². The highest BCUT2D eigenvalue weighted by atomic mass is 16.5. The van der Waals surface area contributed by atoms with Gasteiger partial charge < -0.3 is 31.3 Å². The van der Waals surface area contributed by atoms with Crippen LogP contribution < -0.4 is 31.3 Å². The van der Waals surface area contributed by atoms with Crippen molar-refractivity contribution in [1.82, 2.24) is 41.3 Å². The average Bonchev–Trinajstić information content (AvgIpc) is 3.66. The van der Waals surface area contributed by atoms with Crippen LogP contribution in [0.1, 0.15) is 43.7 Å². The monoisotopic (exact) mass is 644 g/mol. The lowest BCUT2D eigenvalue weighted by molar-refractivity contribution is -0.134. The van der Waals surface area contributed by atoms with Crippen LogP contribution in [0.3, 0.4) is 0 Å². The molecule has 5 N–H and O–H groups in total. The molecule has 1 saturated carbocycles. The van der Waals surface area contributed by atoms with Gasteiger partial charge in [0.25, 0.3) is 0 Å². The molecule has 0 radical (unpaired) electrons. The second-order valence-corrected chi connectivity index (χ2v) is 11.9. The highest BCUT2D eigenvalue weighted by Gasteiger charge is 2.51. The van der Waals surface area contributed by atoms with E-state index in [1.165, 1.54) is 13.3 Å². The second kappa shape index (κ2) is 15.3. The van der Waals surface area contributed by atoms with Crippen molar-refractivity contribution in [2.75, 3.05) is 13.2 Å². The first-order valence-electron chi connectivity index (χ1n) is 15.8. The molecule has 0 saturated heterocycles. The van der Waals surface area contributed by atoms with Crippen molar-refractivity contribution < 1.29 is 28.7 Å². The number of aryl methyl sites for hydroxylation is 1. The van der Waals surface area contributed by atoms with Gasteiger partial charge >= 0.3 is 0 Å². The lowest BCUT2D eigenvalue weighted by atomic mass is 10.0. The maximum absolute atomic E-state index is 13.5. The summed E-state index contributed by atoms with van der Waals surface area (Å²) in [5.74, 6) is -1.71. The third-order valence-corrected chi connectivity index (χ3v) is 8.14. The summed E-state index contributed by atoms with van der Waals surface area (Å²) in [5, 5.41) is 18.0. The predicted octanol–water partition coefficient (Wildman–Crippen LogP) is 0.175. The van der Waals surface area contributed by atoms with Crippen molar-refractivity contribution in [1.29, 1.82) is 0 Å².